The van der Waals surface area contributed by atoms with Crippen LogP contribution in [-0.2, 0) is 4.79 Å². The molecule has 1 nitrogen and oxygen atoms in total. The van der Waals surface area contributed by atoms with E-state index in [-0.39, 0.29) is 5.92 Å². The summed E-state index contributed by atoms with van der Waals surface area (Å²) < 4.78 is 0. The van der Waals surface area contributed by atoms with Crippen LogP contribution in [0.15, 0.2) is 30.3 Å². The number of aldehydes is 1. The van der Waals surface area contributed by atoms with Gasteiger partial charge in [0.2, 0.25) is 0 Å². The zero-order valence-electron chi connectivity index (χ0n) is 6.36. The molecule has 57 valence electrons. The van der Waals surface area contributed by atoms with Crippen LogP contribution in [0.1, 0.15) is 17.9 Å². The summed E-state index contributed by atoms with van der Waals surface area (Å²) >= 11 is 0. The maximum atomic E-state index is 10.1. The molecule has 0 saturated heterocycles. The van der Waals surface area contributed by atoms with Gasteiger partial charge in [-0.05, 0) is 18.4 Å². The van der Waals surface area contributed by atoms with Crippen LogP contribution in [0, 0.1) is 6.92 Å². The minimum Gasteiger partial charge on any atom is -0.303 e. The Hall–Kier alpha value is -1.11. The van der Waals surface area contributed by atoms with Gasteiger partial charge in [0, 0.05) is 6.42 Å². The second kappa shape index (κ2) is 3.91. The lowest BCUT2D eigenvalue weighted by atomic mass is 9.99. The second-order valence-electron chi connectivity index (χ2n) is 2.51. The number of rotatable bonds is 3. The third-order valence-corrected chi connectivity index (χ3v) is 1.65. The summed E-state index contributed by atoms with van der Waals surface area (Å²) in [5.74, 6) is 0.105. The van der Waals surface area contributed by atoms with Crippen molar-refractivity contribution >= 4 is 6.29 Å². The van der Waals surface area contributed by atoms with E-state index < -0.39 is 0 Å². The Morgan fingerprint density at radius 2 is 2.00 bits per heavy atom. The Kier molecular flexibility index (Phi) is 2.84. The summed E-state index contributed by atoms with van der Waals surface area (Å²) in [6, 6.07) is 9.84. The highest BCUT2D eigenvalue weighted by Gasteiger charge is 2.01. The SMILES string of the molecule is [CH2]C(CC=O)c1ccccc1. The highest BCUT2D eigenvalue weighted by atomic mass is 16.1. The lowest BCUT2D eigenvalue weighted by Crippen LogP contribution is -1.93. The lowest BCUT2D eigenvalue weighted by Gasteiger charge is -2.05. The minimum absolute atomic E-state index is 0.105. The molecule has 1 aromatic rings. The van der Waals surface area contributed by atoms with E-state index in [1.807, 2.05) is 30.3 Å². The molecule has 11 heavy (non-hydrogen) atoms. The van der Waals surface area contributed by atoms with Gasteiger partial charge in [0.1, 0.15) is 6.29 Å². The van der Waals surface area contributed by atoms with Crippen molar-refractivity contribution in [3.8, 4) is 0 Å². The first-order valence-electron chi connectivity index (χ1n) is 3.66. The molecule has 1 radical (unpaired) electrons. The molecule has 0 heterocycles. The summed E-state index contributed by atoms with van der Waals surface area (Å²) in [6.07, 6.45) is 1.41. The van der Waals surface area contributed by atoms with Crippen molar-refractivity contribution in [2.75, 3.05) is 0 Å². The smallest absolute Gasteiger partial charge is 0.120 e. The first kappa shape index (κ1) is 7.99. The molecular weight excluding hydrogens is 136 g/mol. The molecule has 0 aliphatic carbocycles. The molecule has 0 fully saturated rings. The summed E-state index contributed by atoms with van der Waals surface area (Å²) in [4.78, 5) is 10.1. The lowest BCUT2D eigenvalue weighted by molar-refractivity contribution is -0.108. The fourth-order valence-electron chi connectivity index (χ4n) is 0.977. The van der Waals surface area contributed by atoms with Crippen molar-refractivity contribution in [3.63, 3.8) is 0 Å². The number of hydrogen-bond donors (Lipinski definition) is 0. The van der Waals surface area contributed by atoms with Crippen LogP contribution in [0.2, 0.25) is 0 Å². The van der Waals surface area contributed by atoms with Crippen molar-refractivity contribution < 1.29 is 4.79 Å². The molecule has 0 aromatic heterocycles. The first-order valence-corrected chi connectivity index (χ1v) is 3.66. The molecule has 0 aliphatic heterocycles. The molecule has 0 aliphatic rings. The van der Waals surface area contributed by atoms with Crippen molar-refractivity contribution in [1.29, 1.82) is 0 Å². The largest absolute Gasteiger partial charge is 0.303 e. The summed E-state index contributed by atoms with van der Waals surface area (Å²) in [5.41, 5.74) is 1.12. The van der Waals surface area contributed by atoms with E-state index in [0.717, 1.165) is 11.8 Å². The Labute approximate surface area is 67.1 Å². The zero-order valence-corrected chi connectivity index (χ0v) is 6.36. The monoisotopic (exact) mass is 147 g/mol. The van der Waals surface area contributed by atoms with Gasteiger partial charge >= 0.3 is 0 Å². The molecule has 1 rings (SSSR count). The molecule has 1 unspecified atom stereocenters. The van der Waals surface area contributed by atoms with Crippen LogP contribution in [0.3, 0.4) is 0 Å². The van der Waals surface area contributed by atoms with Gasteiger partial charge in [-0.25, -0.2) is 0 Å². The summed E-state index contributed by atoms with van der Waals surface area (Å²) in [6.45, 7) is 3.87. The number of carbonyl (C=O) groups is 1. The predicted molar refractivity (Wildman–Crippen MR) is 45.2 cm³/mol. The fraction of sp³-hybridized carbons (Fsp3) is 0.200. The van der Waals surface area contributed by atoms with Crippen LogP contribution in [0.4, 0.5) is 0 Å². The van der Waals surface area contributed by atoms with Gasteiger partial charge in [0.25, 0.3) is 0 Å². The Morgan fingerprint density at radius 1 is 1.36 bits per heavy atom. The van der Waals surface area contributed by atoms with Gasteiger partial charge < -0.3 is 4.79 Å². The predicted octanol–water partition coefficient (Wildman–Crippen LogP) is 2.19. The highest BCUT2D eigenvalue weighted by Crippen LogP contribution is 2.15. The standard InChI is InChI=1S/C10H11O/c1-9(7-8-11)10-5-3-2-4-6-10/h2-6,8-9H,1,7H2. The molecule has 0 saturated carbocycles. The second-order valence-corrected chi connectivity index (χ2v) is 2.51. The molecule has 1 atom stereocenters. The third-order valence-electron chi connectivity index (χ3n) is 1.65. The highest BCUT2D eigenvalue weighted by molar-refractivity contribution is 5.51. The van der Waals surface area contributed by atoms with Gasteiger partial charge in [-0.2, -0.15) is 0 Å². The molecule has 1 aromatic carbocycles. The van der Waals surface area contributed by atoms with Crippen molar-refractivity contribution in [3.05, 3.63) is 42.8 Å². The first-order chi connectivity index (χ1) is 5.34. The van der Waals surface area contributed by atoms with E-state index in [4.69, 9.17) is 0 Å². The minimum atomic E-state index is 0.105. The zero-order chi connectivity index (χ0) is 8.10. The van der Waals surface area contributed by atoms with Crippen LogP contribution in [0.25, 0.3) is 0 Å². The topological polar surface area (TPSA) is 17.1 Å². The van der Waals surface area contributed by atoms with E-state index in [1.54, 1.807) is 0 Å². The molecule has 0 amide bonds. The van der Waals surface area contributed by atoms with Crippen LogP contribution < -0.4 is 0 Å². The Bertz CT molecular complexity index is 216. The maximum Gasteiger partial charge on any atom is 0.120 e. The third kappa shape index (κ3) is 2.19. The van der Waals surface area contributed by atoms with E-state index in [2.05, 4.69) is 6.92 Å². The summed E-state index contributed by atoms with van der Waals surface area (Å²) in [7, 11) is 0. The van der Waals surface area contributed by atoms with Crippen LogP contribution >= 0.6 is 0 Å². The van der Waals surface area contributed by atoms with Crippen molar-refractivity contribution in [1.82, 2.24) is 0 Å². The van der Waals surface area contributed by atoms with E-state index in [9.17, 15) is 4.79 Å². The fourth-order valence-corrected chi connectivity index (χ4v) is 0.977. The van der Waals surface area contributed by atoms with Gasteiger partial charge in [-0.3, -0.25) is 0 Å². The molecular formula is C10H11O. The Balaban J connectivity index is 2.68. The number of carbonyl (C=O) groups excluding carboxylic acids is 1. The normalized spacial score (nSPS) is 12.5. The van der Waals surface area contributed by atoms with Gasteiger partial charge in [-0.1, -0.05) is 30.3 Å². The van der Waals surface area contributed by atoms with Crippen LogP contribution in [-0.4, -0.2) is 6.29 Å². The van der Waals surface area contributed by atoms with E-state index in [0.29, 0.717) is 6.42 Å². The number of hydrogen-bond acceptors (Lipinski definition) is 1. The van der Waals surface area contributed by atoms with Gasteiger partial charge in [-0.15, -0.1) is 0 Å². The van der Waals surface area contributed by atoms with Crippen LogP contribution in [0.5, 0.6) is 0 Å². The average Bonchev–Trinajstić information content (AvgIpc) is 2.07. The molecule has 0 bridgehead atoms. The average molecular weight is 147 g/mol. The van der Waals surface area contributed by atoms with E-state index in [1.165, 1.54) is 0 Å². The van der Waals surface area contributed by atoms with Crippen molar-refractivity contribution in [2.24, 2.45) is 0 Å². The van der Waals surface area contributed by atoms with E-state index >= 15 is 0 Å². The van der Waals surface area contributed by atoms with Crippen molar-refractivity contribution in [2.45, 2.75) is 12.3 Å². The molecule has 0 spiro atoms. The number of benzene rings is 1. The quantitative estimate of drug-likeness (QED) is 0.599. The molecule has 1 heteroatoms. The van der Waals surface area contributed by atoms with Gasteiger partial charge in [0.15, 0.2) is 0 Å². The maximum absolute atomic E-state index is 10.1. The molecule has 0 N–H and O–H groups in total. The Morgan fingerprint density at radius 3 is 2.55 bits per heavy atom. The van der Waals surface area contributed by atoms with Gasteiger partial charge in [0.05, 0.1) is 0 Å². The summed E-state index contributed by atoms with van der Waals surface area (Å²) in [5, 5.41) is 0.